The largest absolute Gasteiger partial charge is 0.397 e. The second-order valence-corrected chi connectivity index (χ2v) is 7.24. The first-order valence-electron chi connectivity index (χ1n) is 8.12. The molecule has 1 fully saturated rings. The number of β-amino-alcohol motifs (C(OH)–C–C–N with tert-alkyl or cyclic N) is 1. The van der Waals surface area contributed by atoms with E-state index in [1.807, 2.05) is 11.0 Å². The molecule has 2 unspecified atom stereocenters. The molecular weight excluding hydrogens is 326 g/mol. The van der Waals surface area contributed by atoms with Gasteiger partial charge in [0.25, 0.3) is 5.91 Å². The van der Waals surface area contributed by atoms with E-state index in [0.717, 1.165) is 36.2 Å². The Morgan fingerprint density at radius 1 is 1.54 bits per heavy atom. The Morgan fingerprint density at radius 3 is 2.92 bits per heavy atom. The van der Waals surface area contributed by atoms with Gasteiger partial charge in [-0.05, 0) is 24.5 Å². The van der Waals surface area contributed by atoms with E-state index >= 15 is 0 Å². The number of anilines is 2. The summed E-state index contributed by atoms with van der Waals surface area (Å²) in [5, 5.41) is 10.9. The number of aryl methyl sites for hydroxylation is 1. The maximum atomic E-state index is 11.6. The fourth-order valence-electron chi connectivity index (χ4n) is 3.15. The number of fused-ring (bicyclic) bond motifs is 1. The number of aliphatic hydroxyl groups excluding tert-OH is 1. The molecule has 1 saturated heterocycles. The average Bonchev–Trinajstić information content (AvgIpc) is 2.88. The first-order valence-corrected chi connectivity index (χ1v) is 8.94. The lowest BCUT2D eigenvalue weighted by Crippen LogP contribution is -2.50. The van der Waals surface area contributed by atoms with E-state index in [1.54, 1.807) is 0 Å². The van der Waals surface area contributed by atoms with Crippen LogP contribution in [0.2, 0.25) is 0 Å². The monoisotopic (exact) mass is 349 g/mol. The highest BCUT2D eigenvalue weighted by atomic mass is 32.1. The van der Waals surface area contributed by atoms with Gasteiger partial charge in [0.1, 0.15) is 15.5 Å². The maximum Gasteiger partial charge on any atom is 0.260 e. The first kappa shape index (κ1) is 16.9. The molecule has 0 saturated carbocycles. The van der Waals surface area contributed by atoms with Crippen molar-refractivity contribution in [2.24, 2.45) is 11.5 Å². The van der Waals surface area contributed by atoms with Gasteiger partial charge in [-0.1, -0.05) is 13.3 Å². The molecule has 2 aromatic rings. The van der Waals surface area contributed by atoms with E-state index in [0.29, 0.717) is 28.4 Å². The molecule has 2 atom stereocenters. The van der Waals surface area contributed by atoms with Crippen LogP contribution in [0.4, 0.5) is 11.5 Å². The number of carbonyl (C=O) groups is 1. The third kappa shape index (κ3) is 2.92. The van der Waals surface area contributed by atoms with Crippen LogP contribution in [-0.2, 0) is 6.42 Å². The number of pyridine rings is 1. The summed E-state index contributed by atoms with van der Waals surface area (Å²) in [4.78, 5) is 19.4. The number of nitrogen functional groups attached to an aromatic ring is 1. The summed E-state index contributed by atoms with van der Waals surface area (Å²) >= 11 is 1.23. The molecule has 7 nitrogen and oxygen atoms in total. The van der Waals surface area contributed by atoms with Crippen molar-refractivity contribution < 1.29 is 9.90 Å². The van der Waals surface area contributed by atoms with Gasteiger partial charge in [-0.15, -0.1) is 11.3 Å². The van der Waals surface area contributed by atoms with Crippen LogP contribution >= 0.6 is 11.3 Å². The normalized spacial score (nSPS) is 21.4. The minimum absolute atomic E-state index is 0.195. The Bertz CT molecular complexity index is 775. The zero-order chi connectivity index (χ0) is 17.4. The van der Waals surface area contributed by atoms with Crippen LogP contribution in [0.15, 0.2) is 6.07 Å². The Kier molecular flexibility index (Phi) is 4.62. The zero-order valence-electron chi connectivity index (χ0n) is 13.7. The van der Waals surface area contributed by atoms with Gasteiger partial charge in [-0.25, -0.2) is 4.98 Å². The second-order valence-electron chi connectivity index (χ2n) is 6.24. The van der Waals surface area contributed by atoms with Crippen LogP contribution in [0.25, 0.3) is 10.2 Å². The minimum Gasteiger partial charge on any atom is -0.397 e. The van der Waals surface area contributed by atoms with Crippen molar-refractivity contribution in [3.8, 4) is 0 Å². The summed E-state index contributed by atoms with van der Waals surface area (Å²) in [7, 11) is 0. The number of hydrogen-bond acceptors (Lipinski definition) is 7. The van der Waals surface area contributed by atoms with Crippen LogP contribution < -0.4 is 22.1 Å². The predicted molar refractivity (Wildman–Crippen MR) is 97.4 cm³/mol. The number of primary amides is 1. The summed E-state index contributed by atoms with van der Waals surface area (Å²) < 4.78 is 0. The highest BCUT2D eigenvalue weighted by molar-refractivity contribution is 7.21. The molecule has 24 heavy (non-hydrogen) atoms. The number of hydrogen-bond donors (Lipinski definition) is 4. The molecule has 1 aliphatic heterocycles. The summed E-state index contributed by atoms with van der Waals surface area (Å²) in [6.07, 6.45) is 1.93. The van der Waals surface area contributed by atoms with Gasteiger partial charge in [0, 0.05) is 24.5 Å². The van der Waals surface area contributed by atoms with Crippen LogP contribution in [-0.4, -0.2) is 41.2 Å². The fourth-order valence-corrected chi connectivity index (χ4v) is 4.14. The zero-order valence-corrected chi connectivity index (χ0v) is 14.5. The Hall–Kier alpha value is -1.90. The average molecular weight is 349 g/mol. The number of nitrogens with zero attached hydrogens (tertiary/aromatic N) is 2. The Balaban J connectivity index is 2.08. The van der Waals surface area contributed by atoms with Crippen LogP contribution in [0.5, 0.6) is 0 Å². The number of aliphatic hydroxyl groups is 1. The molecule has 0 aliphatic carbocycles. The van der Waals surface area contributed by atoms with Gasteiger partial charge >= 0.3 is 0 Å². The molecule has 0 aromatic carbocycles. The van der Waals surface area contributed by atoms with Gasteiger partial charge < -0.3 is 27.2 Å². The lowest BCUT2D eigenvalue weighted by atomic mass is 10.0. The van der Waals surface area contributed by atoms with Crippen molar-refractivity contribution in [3.05, 3.63) is 16.5 Å². The van der Waals surface area contributed by atoms with Gasteiger partial charge in [0.2, 0.25) is 0 Å². The van der Waals surface area contributed by atoms with Crippen molar-refractivity contribution in [3.63, 3.8) is 0 Å². The van der Waals surface area contributed by atoms with Crippen LogP contribution in [0.3, 0.4) is 0 Å². The minimum atomic E-state index is -0.569. The first-order chi connectivity index (χ1) is 11.4. The number of rotatable bonds is 4. The number of carbonyl (C=O) groups excluding carboxylic acids is 1. The molecule has 1 amide bonds. The molecule has 1 aliphatic rings. The highest BCUT2D eigenvalue weighted by Gasteiger charge is 2.27. The molecule has 0 radical (unpaired) electrons. The second kappa shape index (κ2) is 6.54. The number of aromatic nitrogens is 1. The number of amides is 1. The van der Waals surface area contributed by atoms with E-state index < -0.39 is 12.0 Å². The molecule has 0 spiro atoms. The van der Waals surface area contributed by atoms with Crippen molar-refractivity contribution in [2.75, 3.05) is 23.7 Å². The van der Waals surface area contributed by atoms with Crippen molar-refractivity contribution >= 4 is 39.0 Å². The lowest BCUT2D eigenvalue weighted by Gasteiger charge is -2.35. The quantitative estimate of drug-likeness (QED) is 0.646. The van der Waals surface area contributed by atoms with E-state index in [2.05, 4.69) is 11.9 Å². The lowest BCUT2D eigenvalue weighted by molar-refractivity contribution is 0.100. The van der Waals surface area contributed by atoms with Crippen molar-refractivity contribution in [1.82, 2.24) is 4.98 Å². The van der Waals surface area contributed by atoms with Gasteiger partial charge in [-0.3, -0.25) is 4.79 Å². The van der Waals surface area contributed by atoms with Crippen molar-refractivity contribution in [1.29, 1.82) is 0 Å². The summed E-state index contributed by atoms with van der Waals surface area (Å²) in [5.74, 6) is 0.257. The molecule has 3 rings (SSSR count). The van der Waals surface area contributed by atoms with Crippen molar-refractivity contribution in [2.45, 2.75) is 38.3 Å². The molecule has 2 aromatic heterocycles. The summed E-state index contributed by atoms with van der Waals surface area (Å²) in [5.41, 5.74) is 18.9. The fraction of sp³-hybridized carbons (Fsp3) is 0.500. The standard InChI is InChI=1S/C16H23N5O2S/c1-2-3-8-6-11(21-5-4-9(17)10(22)7-21)20-16-12(8)13(18)14(24-16)15(19)23/h6,9-10,22H,2-5,7,17-18H2,1H3,(H2,19,23). The molecule has 130 valence electrons. The topological polar surface area (TPSA) is 131 Å². The smallest absolute Gasteiger partial charge is 0.260 e. The van der Waals surface area contributed by atoms with E-state index in [4.69, 9.17) is 17.2 Å². The van der Waals surface area contributed by atoms with Gasteiger partial charge in [0.05, 0.1) is 11.8 Å². The molecule has 0 bridgehead atoms. The number of piperidine rings is 1. The third-order valence-corrected chi connectivity index (χ3v) is 5.58. The van der Waals surface area contributed by atoms with E-state index in [9.17, 15) is 9.90 Å². The van der Waals surface area contributed by atoms with E-state index in [1.165, 1.54) is 11.3 Å². The van der Waals surface area contributed by atoms with E-state index in [-0.39, 0.29) is 6.04 Å². The van der Waals surface area contributed by atoms with Gasteiger partial charge in [-0.2, -0.15) is 0 Å². The van der Waals surface area contributed by atoms with Crippen LogP contribution in [0, 0.1) is 0 Å². The molecular formula is C16H23N5O2S. The highest BCUT2D eigenvalue weighted by Crippen LogP contribution is 2.37. The molecule has 8 heteroatoms. The van der Waals surface area contributed by atoms with Gasteiger partial charge in [0.15, 0.2) is 0 Å². The number of nitrogens with two attached hydrogens (primary N) is 3. The third-order valence-electron chi connectivity index (χ3n) is 4.47. The summed E-state index contributed by atoms with van der Waals surface area (Å²) in [6, 6.07) is 1.81. The molecule has 7 N–H and O–H groups in total. The SMILES string of the molecule is CCCc1cc(N2CCC(N)C(O)C2)nc2sc(C(N)=O)c(N)c12. The predicted octanol–water partition coefficient (Wildman–Crippen LogP) is 0.828. The molecule has 3 heterocycles. The van der Waals surface area contributed by atoms with Crippen LogP contribution in [0.1, 0.15) is 35.0 Å². The Labute approximate surface area is 144 Å². The number of thiophene rings is 1. The summed E-state index contributed by atoms with van der Waals surface area (Å²) in [6.45, 7) is 3.29. The maximum absolute atomic E-state index is 11.6. The Morgan fingerprint density at radius 2 is 2.29 bits per heavy atom.